The maximum Gasteiger partial charge on any atom is 0.169 e. The van der Waals surface area contributed by atoms with Crippen molar-refractivity contribution in [3.63, 3.8) is 0 Å². The van der Waals surface area contributed by atoms with Gasteiger partial charge in [0.2, 0.25) is 0 Å². The summed E-state index contributed by atoms with van der Waals surface area (Å²) in [5.74, 6) is 0.732. The standard InChI is InChI=1S/C21H18N4O/c1-14-17(15-6-3-2-4-7-15)8-5-9-18(14)25-21-20-19(10-11-22-21)24-16(13-26)12-23-20/h2-13,19-20H,1H3,(H,22,25). The van der Waals surface area contributed by atoms with E-state index in [1.807, 2.05) is 36.4 Å². The van der Waals surface area contributed by atoms with Crippen LogP contribution in [-0.4, -0.2) is 36.1 Å². The molecule has 2 aromatic rings. The summed E-state index contributed by atoms with van der Waals surface area (Å²) in [6.07, 6.45) is 5.81. The van der Waals surface area contributed by atoms with E-state index in [2.05, 4.69) is 45.4 Å². The Morgan fingerprint density at radius 1 is 1.08 bits per heavy atom. The quantitative estimate of drug-likeness (QED) is 0.868. The highest BCUT2D eigenvalue weighted by molar-refractivity contribution is 6.55. The second-order valence-electron chi connectivity index (χ2n) is 6.21. The molecule has 0 bridgehead atoms. The number of nitrogens with one attached hydrogen (secondary N) is 1. The molecule has 0 fully saturated rings. The topological polar surface area (TPSA) is 66.2 Å². The Kier molecular flexibility index (Phi) is 4.27. The van der Waals surface area contributed by atoms with Crippen molar-refractivity contribution < 1.29 is 4.79 Å². The zero-order chi connectivity index (χ0) is 17.9. The summed E-state index contributed by atoms with van der Waals surface area (Å²) in [7, 11) is 0. The van der Waals surface area contributed by atoms with Crippen molar-refractivity contribution in [2.24, 2.45) is 15.0 Å². The highest BCUT2D eigenvalue weighted by Gasteiger charge is 2.29. The highest BCUT2D eigenvalue weighted by Crippen LogP contribution is 2.29. The third-order valence-electron chi connectivity index (χ3n) is 4.57. The molecule has 128 valence electrons. The Bertz CT molecular complexity index is 957. The second kappa shape index (κ2) is 6.88. The first-order chi connectivity index (χ1) is 12.8. The molecule has 0 spiro atoms. The number of aliphatic imine (C=N–C) groups is 3. The second-order valence-corrected chi connectivity index (χ2v) is 6.21. The molecular weight excluding hydrogens is 324 g/mol. The van der Waals surface area contributed by atoms with E-state index in [0.717, 1.165) is 23.4 Å². The number of carbonyl (C=O) groups is 1. The Hall–Kier alpha value is -3.34. The molecule has 5 heteroatoms. The number of aldehydes is 1. The summed E-state index contributed by atoms with van der Waals surface area (Å²) in [5.41, 5.74) is 4.84. The molecule has 0 aliphatic carbocycles. The van der Waals surface area contributed by atoms with Gasteiger partial charge in [-0.3, -0.25) is 14.8 Å². The van der Waals surface area contributed by atoms with Crippen LogP contribution < -0.4 is 5.32 Å². The van der Waals surface area contributed by atoms with Crippen LogP contribution in [0.2, 0.25) is 0 Å². The van der Waals surface area contributed by atoms with Crippen molar-refractivity contribution in [1.29, 1.82) is 0 Å². The molecule has 5 nitrogen and oxygen atoms in total. The Morgan fingerprint density at radius 2 is 1.92 bits per heavy atom. The molecule has 0 amide bonds. The van der Waals surface area contributed by atoms with E-state index < -0.39 is 0 Å². The number of anilines is 1. The summed E-state index contributed by atoms with van der Waals surface area (Å²) >= 11 is 0. The zero-order valence-electron chi connectivity index (χ0n) is 14.3. The number of carbonyl (C=O) groups excluding carboxylic acids is 1. The van der Waals surface area contributed by atoms with E-state index in [1.165, 1.54) is 17.3 Å². The van der Waals surface area contributed by atoms with Crippen LogP contribution in [0.1, 0.15) is 5.56 Å². The molecule has 2 aromatic carbocycles. The van der Waals surface area contributed by atoms with Gasteiger partial charge in [0.15, 0.2) is 6.29 Å². The first-order valence-corrected chi connectivity index (χ1v) is 8.49. The average Bonchev–Trinajstić information content (AvgIpc) is 2.70. The molecule has 0 saturated heterocycles. The van der Waals surface area contributed by atoms with Crippen molar-refractivity contribution in [3.05, 3.63) is 66.4 Å². The van der Waals surface area contributed by atoms with Gasteiger partial charge in [0, 0.05) is 11.9 Å². The van der Waals surface area contributed by atoms with Gasteiger partial charge in [-0.2, -0.15) is 0 Å². The molecule has 2 aliphatic heterocycles. The third kappa shape index (κ3) is 2.99. The average molecular weight is 342 g/mol. The fourth-order valence-corrected chi connectivity index (χ4v) is 3.20. The van der Waals surface area contributed by atoms with Gasteiger partial charge in [0.25, 0.3) is 0 Å². The molecule has 4 rings (SSSR count). The van der Waals surface area contributed by atoms with E-state index in [-0.39, 0.29) is 12.1 Å². The van der Waals surface area contributed by atoms with Crippen molar-refractivity contribution in [2.75, 3.05) is 5.32 Å². The van der Waals surface area contributed by atoms with Crippen molar-refractivity contribution in [3.8, 4) is 11.1 Å². The van der Waals surface area contributed by atoms with E-state index in [0.29, 0.717) is 5.71 Å². The third-order valence-corrected chi connectivity index (χ3v) is 4.57. The lowest BCUT2D eigenvalue weighted by molar-refractivity contribution is -0.102. The smallest absolute Gasteiger partial charge is 0.169 e. The molecule has 2 atom stereocenters. The Morgan fingerprint density at radius 3 is 2.73 bits per heavy atom. The summed E-state index contributed by atoms with van der Waals surface area (Å²) in [6, 6.07) is 16.0. The van der Waals surface area contributed by atoms with Crippen molar-refractivity contribution in [2.45, 2.75) is 19.0 Å². The van der Waals surface area contributed by atoms with E-state index in [1.54, 1.807) is 6.20 Å². The van der Waals surface area contributed by atoms with Crippen LogP contribution in [0.15, 0.2) is 75.8 Å². The first-order valence-electron chi connectivity index (χ1n) is 8.49. The van der Waals surface area contributed by atoms with Crippen LogP contribution in [0.3, 0.4) is 0 Å². The number of hydrogen-bond donors (Lipinski definition) is 1. The van der Waals surface area contributed by atoms with Gasteiger partial charge in [-0.25, -0.2) is 4.99 Å². The van der Waals surface area contributed by atoms with Gasteiger partial charge in [-0.05, 0) is 35.8 Å². The fraction of sp³-hybridized carbons (Fsp3) is 0.143. The van der Waals surface area contributed by atoms with Crippen molar-refractivity contribution in [1.82, 2.24) is 0 Å². The van der Waals surface area contributed by atoms with E-state index in [4.69, 9.17) is 0 Å². The minimum absolute atomic E-state index is 0.196. The van der Waals surface area contributed by atoms with Crippen LogP contribution in [-0.2, 0) is 4.79 Å². The largest absolute Gasteiger partial charge is 0.342 e. The van der Waals surface area contributed by atoms with Gasteiger partial charge >= 0.3 is 0 Å². The molecule has 0 aromatic heterocycles. The number of fused-ring (bicyclic) bond motifs is 1. The van der Waals surface area contributed by atoms with Gasteiger partial charge in [0.05, 0.1) is 6.21 Å². The van der Waals surface area contributed by atoms with Crippen LogP contribution in [0.25, 0.3) is 11.1 Å². The predicted molar refractivity (Wildman–Crippen MR) is 106 cm³/mol. The van der Waals surface area contributed by atoms with Crippen LogP contribution in [0.4, 0.5) is 5.69 Å². The lowest BCUT2D eigenvalue weighted by Gasteiger charge is -2.26. The van der Waals surface area contributed by atoms with E-state index >= 15 is 0 Å². The first kappa shape index (κ1) is 16.1. The number of hydrogen-bond acceptors (Lipinski definition) is 5. The zero-order valence-corrected chi connectivity index (χ0v) is 14.3. The monoisotopic (exact) mass is 342 g/mol. The number of amidine groups is 1. The van der Waals surface area contributed by atoms with Gasteiger partial charge in [0.1, 0.15) is 23.6 Å². The van der Waals surface area contributed by atoms with Gasteiger partial charge in [-0.15, -0.1) is 0 Å². The van der Waals surface area contributed by atoms with Crippen LogP contribution in [0, 0.1) is 6.92 Å². The van der Waals surface area contributed by atoms with Crippen molar-refractivity contribution >= 4 is 29.7 Å². The maximum absolute atomic E-state index is 10.9. The summed E-state index contributed by atoms with van der Waals surface area (Å²) in [4.78, 5) is 24.2. The Labute approximate surface area is 151 Å². The van der Waals surface area contributed by atoms with E-state index in [9.17, 15) is 4.79 Å². The fourth-order valence-electron chi connectivity index (χ4n) is 3.20. The minimum atomic E-state index is -0.233. The van der Waals surface area contributed by atoms with Crippen LogP contribution >= 0.6 is 0 Å². The molecule has 2 heterocycles. The molecule has 0 radical (unpaired) electrons. The molecule has 2 unspecified atom stereocenters. The molecule has 26 heavy (non-hydrogen) atoms. The highest BCUT2D eigenvalue weighted by atomic mass is 16.1. The summed E-state index contributed by atoms with van der Waals surface area (Å²) < 4.78 is 0. The SMILES string of the molecule is Cc1c(NC2=NC=CC3N=C(C=O)C=NC23)cccc1-c1ccccc1. The molecule has 1 N–H and O–H groups in total. The van der Waals surface area contributed by atoms with Gasteiger partial charge in [-0.1, -0.05) is 42.5 Å². The number of nitrogens with zero attached hydrogens (tertiary/aromatic N) is 3. The van der Waals surface area contributed by atoms with Crippen LogP contribution in [0.5, 0.6) is 0 Å². The number of benzene rings is 2. The molecular formula is C21H18N4O. The summed E-state index contributed by atoms with van der Waals surface area (Å²) in [5, 5.41) is 3.42. The molecule has 0 saturated carbocycles. The minimum Gasteiger partial charge on any atom is -0.342 e. The van der Waals surface area contributed by atoms with Gasteiger partial charge < -0.3 is 5.32 Å². The normalized spacial score (nSPS) is 20.8. The Balaban J connectivity index is 1.63. The maximum atomic E-state index is 10.9. The molecule has 2 aliphatic rings. The lowest BCUT2D eigenvalue weighted by Crippen LogP contribution is -2.40. The summed E-state index contributed by atoms with van der Waals surface area (Å²) in [6.45, 7) is 2.09. The lowest BCUT2D eigenvalue weighted by atomic mass is 9.98. The predicted octanol–water partition coefficient (Wildman–Crippen LogP) is 3.46. The number of rotatable bonds is 3.